The van der Waals surface area contributed by atoms with Gasteiger partial charge in [0.1, 0.15) is 5.75 Å². The van der Waals surface area contributed by atoms with E-state index in [0.29, 0.717) is 24.8 Å². The van der Waals surface area contributed by atoms with Gasteiger partial charge in [0.15, 0.2) is 5.69 Å². The van der Waals surface area contributed by atoms with Crippen molar-refractivity contribution in [3.63, 3.8) is 0 Å². The van der Waals surface area contributed by atoms with Crippen LogP contribution < -0.4 is 10.1 Å². The van der Waals surface area contributed by atoms with Gasteiger partial charge in [0.25, 0.3) is 5.91 Å². The smallest absolute Gasteiger partial charge is 0.276 e. The maximum Gasteiger partial charge on any atom is 0.276 e. The summed E-state index contributed by atoms with van der Waals surface area (Å²) in [5.74, 6) is 0.716. The van der Waals surface area contributed by atoms with Gasteiger partial charge in [0, 0.05) is 25.7 Å². The first-order valence-corrected chi connectivity index (χ1v) is 7.69. The Labute approximate surface area is 147 Å². The summed E-state index contributed by atoms with van der Waals surface area (Å²) in [6.45, 7) is 6.12. The van der Waals surface area contributed by atoms with Gasteiger partial charge in [-0.1, -0.05) is 5.21 Å². The summed E-state index contributed by atoms with van der Waals surface area (Å²) < 4.78 is 6.83. The van der Waals surface area contributed by atoms with E-state index in [1.54, 1.807) is 11.8 Å². The summed E-state index contributed by atoms with van der Waals surface area (Å²) in [4.78, 5) is 14.5. The first-order chi connectivity index (χ1) is 11.1. The van der Waals surface area contributed by atoms with Gasteiger partial charge in [-0.05, 0) is 38.1 Å². The van der Waals surface area contributed by atoms with Crippen LogP contribution in [-0.4, -0.2) is 58.6 Å². The molecule has 0 bridgehead atoms. The summed E-state index contributed by atoms with van der Waals surface area (Å²) >= 11 is 0. The third-order valence-electron chi connectivity index (χ3n) is 4.07. The van der Waals surface area contributed by atoms with E-state index in [2.05, 4.69) is 22.6 Å². The lowest BCUT2D eigenvalue weighted by Crippen LogP contribution is -2.51. The molecule has 7 nitrogen and oxygen atoms in total. The highest BCUT2D eigenvalue weighted by molar-refractivity contribution is 5.93. The zero-order chi connectivity index (χ0) is 16.4. The maximum atomic E-state index is 12.7. The molecule has 1 aliphatic rings. The van der Waals surface area contributed by atoms with Gasteiger partial charge in [-0.25, -0.2) is 4.68 Å². The molecule has 1 aromatic heterocycles. The molecule has 3 rings (SSSR count). The van der Waals surface area contributed by atoms with Gasteiger partial charge in [-0.2, -0.15) is 0 Å². The molecule has 0 radical (unpaired) electrons. The zero-order valence-electron chi connectivity index (χ0n) is 14.0. The van der Waals surface area contributed by atoms with Gasteiger partial charge in [-0.15, -0.1) is 17.5 Å². The van der Waals surface area contributed by atoms with Gasteiger partial charge in [-0.3, -0.25) is 4.79 Å². The molecule has 24 heavy (non-hydrogen) atoms. The third kappa shape index (κ3) is 3.52. The van der Waals surface area contributed by atoms with Crippen LogP contribution in [0.3, 0.4) is 0 Å². The van der Waals surface area contributed by atoms with Crippen molar-refractivity contribution in [2.24, 2.45) is 0 Å². The monoisotopic (exact) mass is 351 g/mol. The number of carbonyl (C=O) groups is 1. The standard InChI is InChI=1S/C16H21N5O2.ClH/c1-11-10-20(9-8-17-11)16(22)15-12(2)21(19-18-15)13-4-6-14(23-3)7-5-13;/h4-7,11,17H,8-10H2,1-3H3;1H. The summed E-state index contributed by atoms with van der Waals surface area (Å²) in [7, 11) is 1.63. The fourth-order valence-corrected chi connectivity index (χ4v) is 2.76. The van der Waals surface area contributed by atoms with Crippen molar-refractivity contribution in [1.82, 2.24) is 25.2 Å². The van der Waals surface area contributed by atoms with E-state index in [9.17, 15) is 4.79 Å². The number of halogens is 1. The predicted molar refractivity (Wildman–Crippen MR) is 93.3 cm³/mol. The molecule has 0 saturated carbocycles. The molecular weight excluding hydrogens is 330 g/mol. The minimum absolute atomic E-state index is 0. The van der Waals surface area contributed by atoms with Crippen molar-refractivity contribution in [3.8, 4) is 11.4 Å². The fraction of sp³-hybridized carbons (Fsp3) is 0.438. The van der Waals surface area contributed by atoms with E-state index in [1.165, 1.54) is 0 Å². The van der Waals surface area contributed by atoms with Gasteiger partial charge in [0.2, 0.25) is 0 Å². The fourth-order valence-electron chi connectivity index (χ4n) is 2.76. The number of methoxy groups -OCH3 is 1. The number of hydrogen-bond acceptors (Lipinski definition) is 5. The van der Waals surface area contributed by atoms with E-state index in [-0.39, 0.29) is 18.3 Å². The minimum atomic E-state index is -0.0596. The molecule has 1 aromatic carbocycles. The van der Waals surface area contributed by atoms with Crippen LogP contribution in [0.4, 0.5) is 0 Å². The largest absolute Gasteiger partial charge is 0.497 e. The quantitative estimate of drug-likeness (QED) is 0.906. The maximum absolute atomic E-state index is 12.7. The number of rotatable bonds is 3. The highest BCUT2D eigenvalue weighted by atomic mass is 35.5. The Kier molecular flexibility index (Phi) is 5.80. The first kappa shape index (κ1) is 18.2. The molecular formula is C16H22ClN5O2. The van der Waals surface area contributed by atoms with Crippen molar-refractivity contribution in [1.29, 1.82) is 0 Å². The summed E-state index contributed by atoms with van der Waals surface area (Å²) in [6, 6.07) is 7.79. The van der Waals surface area contributed by atoms with E-state index >= 15 is 0 Å². The number of piperazine rings is 1. The van der Waals surface area contributed by atoms with Crippen molar-refractivity contribution in [2.45, 2.75) is 19.9 Å². The van der Waals surface area contributed by atoms with Crippen LogP contribution in [0.5, 0.6) is 5.75 Å². The van der Waals surface area contributed by atoms with Crippen LogP contribution >= 0.6 is 12.4 Å². The number of hydrogen-bond donors (Lipinski definition) is 1. The molecule has 1 amide bonds. The topological polar surface area (TPSA) is 72.3 Å². The lowest BCUT2D eigenvalue weighted by atomic mass is 10.2. The molecule has 1 unspecified atom stereocenters. The number of carbonyl (C=O) groups excluding carboxylic acids is 1. The van der Waals surface area contributed by atoms with Crippen molar-refractivity contribution in [3.05, 3.63) is 35.7 Å². The van der Waals surface area contributed by atoms with Crippen molar-refractivity contribution < 1.29 is 9.53 Å². The normalized spacial score (nSPS) is 17.3. The second-order valence-electron chi connectivity index (χ2n) is 5.74. The number of aromatic nitrogens is 3. The lowest BCUT2D eigenvalue weighted by Gasteiger charge is -2.31. The zero-order valence-corrected chi connectivity index (χ0v) is 14.8. The van der Waals surface area contributed by atoms with Crippen LogP contribution in [-0.2, 0) is 0 Å². The molecule has 2 aromatic rings. The van der Waals surface area contributed by atoms with E-state index in [1.807, 2.05) is 36.1 Å². The average molecular weight is 352 g/mol. The summed E-state index contributed by atoms with van der Waals surface area (Å²) in [6.07, 6.45) is 0. The molecule has 1 aliphatic heterocycles. The first-order valence-electron chi connectivity index (χ1n) is 7.69. The van der Waals surface area contributed by atoms with E-state index in [4.69, 9.17) is 4.74 Å². The molecule has 1 saturated heterocycles. The van der Waals surface area contributed by atoms with Crippen LogP contribution in [0.1, 0.15) is 23.1 Å². The number of ether oxygens (including phenoxy) is 1. The number of nitrogens with zero attached hydrogens (tertiary/aromatic N) is 4. The summed E-state index contributed by atoms with van der Waals surface area (Å²) in [5, 5.41) is 11.6. The van der Waals surface area contributed by atoms with Crippen LogP contribution in [0.2, 0.25) is 0 Å². The number of amides is 1. The van der Waals surface area contributed by atoms with Crippen LogP contribution in [0.25, 0.3) is 5.69 Å². The molecule has 0 spiro atoms. The molecule has 130 valence electrons. The highest BCUT2D eigenvalue weighted by Crippen LogP contribution is 2.17. The number of nitrogens with one attached hydrogen (secondary N) is 1. The minimum Gasteiger partial charge on any atom is -0.497 e. The molecule has 1 fully saturated rings. The van der Waals surface area contributed by atoms with Gasteiger partial charge >= 0.3 is 0 Å². The third-order valence-corrected chi connectivity index (χ3v) is 4.07. The molecule has 0 aliphatic carbocycles. The van der Waals surface area contributed by atoms with Crippen molar-refractivity contribution in [2.75, 3.05) is 26.7 Å². The van der Waals surface area contributed by atoms with Crippen LogP contribution in [0, 0.1) is 6.92 Å². The lowest BCUT2D eigenvalue weighted by molar-refractivity contribution is 0.0702. The SMILES string of the molecule is COc1ccc(-n2nnc(C(=O)N3CCNC(C)C3)c2C)cc1.Cl. The van der Waals surface area contributed by atoms with Gasteiger partial charge in [0.05, 0.1) is 18.5 Å². The molecule has 1 atom stereocenters. The van der Waals surface area contributed by atoms with E-state index in [0.717, 1.165) is 23.7 Å². The molecule has 1 N–H and O–H groups in total. The second-order valence-corrected chi connectivity index (χ2v) is 5.74. The summed E-state index contributed by atoms with van der Waals surface area (Å²) in [5.41, 5.74) is 2.00. The predicted octanol–water partition coefficient (Wildman–Crippen LogP) is 1.44. The molecule has 8 heteroatoms. The average Bonchev–Trinajstić information content (AvgIpc) is 2.96. The second kappa shape index (κ2) is 7.63. The Morgan fingerprint density at radius 3 is 2.67 bits per heavy atom. The Bertz CT molecular complexity index is 701. The Morgan fingerprint density at radius 1 is 1.33 bits per heavy atom. The Balaban J connectivity index is 0.00000208. The van der Waals surface area contributed by atoms with Gasteiger partial charge < -0.3 is 15.0 Å². The van der Waals surface area contributed by atoms with Crippen molar-refractivity contribution >= 4 is 18.3 Å². The van der Waals surface area contributed by atoms with Crippen LogP contribution in [0.15, 0.2) is 24.3 Å². The molecule has 2 heterocycles. The highest BCUT2D eigenvalue weighted by Gasteiger charge is 2.26. The van der Waals surface area contributed by atoms with E-state index < -0.39 is 0 Å². The Morgan fingerprint density at radius 2 is 2.04 bits per heavy atom. The number of benzene rings is 1. The Hall–Kier alpha value is -2.12.